The molecule has 12 heavy (non-hydrogen) atoms. The van der Waals surface area contributed by atoms with Crippen LogP contribution < -0.4 is 0 Å². The summed E-state index contributed by atoms with van der Waals surface area (Å²) in [5.41, 5.74) is 3.74. The smallest absolute Gasteiger partial charge is 0.0988 e. The lowest BCUT2D eigenvalue weighted by atomic mass is 9.78. The lowest BCUT2D eigenvalue weighted by Gasteiger charge is -2.29. The van der Waals surface area contributed by atoms with Gasteiger partial charge in [0.2, 0.25) is 0 Å². The monoisotopic (exact) mass is 166 g/mol. The van der Waals surface area contributed by atoms with Gasteiger partial charge in [0.05, 0.1) is 5.76 Å². The highest BCUT2D eigenvalue weighted by Crippen LogP contribution is 2.36. The van der Waals surface area contributed by atoms with Crippen molar-refractivity contribution >= 4 is 0 Å². The molecule has 0 aromatic carbocycles. The molecular formula is C11H18O. The third-order valence-electron chi connectivity index (χ3n) is 3.40. The second-order valence-electron chi connectivity index (χ2n) is 3.90. The molecule has 1 nitrogen and oxygen atoms in total. The molecule has 1 aliphatic carbocycles. The fourth-order valence-corrected chi connectivity index (χ4v) is 1.78. The first kappa shape index (κ1) is 9.37. The molecule has 0 saturated heterocycles. The maximum absolute atomic E-state index is 9.75. The van der Waals surface area contributed by atoms with E-state index < -0.39 is 0 Å². The summed E-state index contributed by atoms with van der Waals surface area (Å²) < 4.78 is 0. The first-order chi connectivity index (χ1) is 5.46. The standard InChI is InChI=1S/C11H18O/c1-6-7(2)9(4)11(12)10(5)8(6)3/h7,9,12H,1-5H3. The van der Waals surface area contributed by atoms with Crippen molar-refractivity contribution < 1.29 is 5.11 Å². The van der Waals surface area contributed by atoms with Crippen LogP contribution in [0.1, 0.15) is 34.6 Å². The Morgan fingerprint density at radius 2 is 1.42 bits per heavy atom. The van der Waals surface area contributed by atoms with Crippen molar-refractivity contribution in [2.24, 2.45) is 11.8 Å². The minimum atomic E-state index is 0.286. The molecule has 2 unspecified atom stereocenters. The summed E-state index contributed by atoms with van der Waals surface area (Å²) in [5, 5.41) is 9.75. The molecule has 1 heteroatoms. The van der Waals surface area contributed by atoms with Gasteiger partial charge in [-0.25, -0.2) is 0 Å². The number of allylic oxidation sites excluding steroid dienone is 4. The third kappa shape index (κ3) is 1.17. The van der Waals surface area contributed by atoms with Crippen molar-refractivity contribution in [2.75, 3.05) is 0 Å². The van der Waals surface area contributed by atoms with Crippen LogP contribution in [0.3, 0.4) is 0 Å². The molecule has 0 radical (unpaired) electrons. The summed E-state index contributed by atoms with van der Waals surface area (Å²) >= 11 is 0. The number of rotatable bonds is 0. The second-order valence-corrected chi connectivity index (χ2v) is 3.90. The predicted molar refractivity (Wildman–Crippen MR) is 52.0 cm³/mol. The van der Waals surface area contributed by atoms with Gasteiger partial charge in [-0.05, 0) is 37.8 Å². The van der Waals surface area contributed by atoms with E-state index in [1.807, 2.05) is 6.92 Å². The summed E-state index contributed by atoms with van der Waals surface area (Å²) in [4.78, 5) is 0. The fraction of sp³-hybridized carbons (Fsp3) is 0.636. The summed E-state index contributed by atoms with van der Waals surface area (Å²) in [6.45, 7) is 10.5. The van der Waals surface area contributed by atoms with Crippen molar-refractivity contribution in [1.82, 2.24) is 0 Å². The summed E-state index contributed by atoms with van der Waals surface area (Å²) in [6, 6.07) is 0. The van der Waals surface area contributed by atoms with Gasteiger partial charge in [0.25, 0.3) is 0 Å². The van der Waals surface area contributed by atoms with Crippen LogP contribution in [0.2, 0.25) is 0 Å². The highest BCUT2D eigenvalue weighted by molar-refractivity contribution is 5.39. The third-order valence-corrected chi connectivity index (χ3v) is 3.40. The average Bonchev–Trinajstić information content (AvgIpc) is 2.08. The van der Waals surface area contributed by atoms with Gasteiger partial charge in [-0.3, -0.25) is 0 Å². The van der Waals surface area contributed by atoms with Gasteiger partial charge >= 0.3 is 0 Å². The molecule has 1 N–H and O–H groups in total. The van der Waals surface area contributed by atoms with Gasteiger partial charge in [-0.1, -0.05) is 19.4 Å². The van der Waals surface area contributed by atoms with Crippen LogP contribution in [0.15, 0.2) is 22.5 Å². The SMILES string of the molecule is CC1=C(C)C(C)C(C)C(O)=C1C. The number of hydrogen-bond acceptors (Lipinski definition) is 1. The van der Waals surface area contributed by atoms with Gasteiger partial charge in [-0.15, -0.1) is 0 Å². The normalized spacial score (nSPS) is 31.4. The summed E-state index contributed by atoms with van der Waals surface area (Å²) in [6.07, 6.45) is 0. The highest BCUT2D eigenvalue weighted by atomic mass is 16.3. The number of aliphatic hydroxyl groups excluding tert-OH is 1. The van der Waals surface area contributed by atoms with E-state index >= 15 is 0 Å². The molecule has 1 rings (SSSR count). The van der Waals surface area contributed by atoms with Crippen molar-refractivity contribution in [1.29, 1.82) is 0 Å². The Hall–Kier alpha value is -0.720. The lowest BCUT2D eigenvalue weighted by Crippen LogP contribution is -2.19. The molecule has 0 fully saturated rings. The first-order valence-corrected chi connectivity index (χ1v) is 4.54. The van der Waals surface area contributed by atoms with Crippen molar-refractivity contribution in [3.63, 3.8) is 0 Å². The van der Waals surface area contributed by atoms with Crippen molar-refractivity contribution in [3.8, 4) is 0 Å². The van der Waals surface area contributed by atoms with Crippen LogP contribution in [0, 0.1) is 11.8 Å². The molecule has 2 atom stereocenters. The Morgan fingerprint density at radius 1 is 0.917 bits per heavy atom. The molecular weight excluding hydrogens is 148 g/mol. The molecule has 0 aromatic heterocycles. The van der Waals surface area contributed by atoms with E-state index in [0.29, 0.717) is 11.7 Å². The van der Waals surface area contributed by atoms with E-state index in [9.17, 15) is 5.11 Å². The summed E-state index contributed by atoms with van der Waals surface area (Å²) in [5.74, 6) is 1.34. The van der Waals surface area contributed by atoms with Gasteiger partial charge in [0.15, 0.2) is 0 Å². The summed E-state index contributed by atoms with van der Waals surface area (Å²) in [7, 11) is 0. The molecule has 0 aromatic rings. The van der Waals surface area contributed by atoms with Gasteiger partial charge in [0, 0.05) is 5.92 Å². The Labute approximate surface area is 74.8 Å². The fourth-order valence-electron chi connectivity index (χ4n) is 1.78. The van der Waals surface area contributed by atoms with Crippen LogP contribution in [-0.2, 0) is 0 Å². The molecule has 1 aliphatic rings. The van der Waals surface area contributed by atoms with Gasteiger partial charge in [0.1, 0.15) is 0 Å². The second kappa shape index (κ2) is 2.96. The molecule has 0 bridgehead atoms. The average molecular weight is 166 g/mol. The Bertz CT molecular complexity index is 230. The number of hydrogen-bond donors (Lipinski definition) is 1. The zero-order valence-electron chi connectivity index (χ0n) is 8.60. The van der Waals surface area contributed by atoms with Crippen LogP contribution in [0.25, 0.3) is 0 Å². The largest absolute Gasteiger partial charge is 0.512 e. The van der Waals surface area contributed by atoms with E-state index in [-0.39, 0.29) is 5.92 Å². The van der Waals surface area contributed by atoms with Crippen LogP contribution >= 0.6 is 0 Å². The van der Waals surface area contributed by atoms with Crippen molar-refractivity contribution in [2.45, 2.75) is 34.6 Å². The lowest BCUT2D eigenvalue weighted by molar-refractivity contribution is 0.292. The Balaban J connectivity index is 3.18. The molecule has 0 amide bonds. The topological polar surface area (TPSA) is 20.2 Å². The van der Waals surface area contributed by atoms with E-state index in [1.54, 1.807) is 0 Å². The maximum atomic E-state index is 9.75. The predicted octanol–water partition coefficient (Wildman–Crippen LogP) is 3.44. The zero-order valence-corrected chi connectivity index (χ0v) is 8.60. The molecule has 68 valence electrons. The molecule has 0 heterocycles. The highest BCUT2D eigenvalue weighted by Gasteiger charge is 2.25. The van der Waals surface area contributed by atoms with E-state index in [4.69, 9.17) is 0 Å². The van der Waals surface area contributed by atoms with E-state index in [2.05, 4.69) is 27.7 Å². The zero-order chi connectivity index (χ0) is 9.46. The Kier molecular flexibility index (Phi) is 2.31. The minimum Gasteiger partial charge on any atom is -0.512 e. The first-order valence-electron chi connectivity index (χ1n) is 4.54. The quantitative estimate of drug-likeness (QED) is 0.584. The molecule has 0 aliphatic heterocycles. The van der Waals surface area contributed by atoms with E-state index in [1.165, 1.54) is 11.1 Å². The molecule has 0 saturated carbocycles. The number of aliphatic hydroxyl groups is 1. The Morgan fingerprint density at radius 3 is 1.92 bits per heavy atom. The molecule has 0 spiro atoms. The van der Waals surface area contributed by atoms with Crippen LogP contribution in [0.4, 0.5) is 0 Å². The maximum Gasteiger partial charge on any atom is 0.0988 e. The van der Waals surface area contributed by atoms with Gasteiger partial charge < -0.3 is 5.11 Å². The van der Waals surface area contributed by atoms with Crippen LogP contribution in [-0.4, -0.2) is 5.11 Å². The van der Waals surface area contributed by atoms with Crippen molar-refractivity contribution in [3.05, 3.63) is 22.5 Å². The van der Waals surface area contributed by atoms with E-state index in [0.717, 1.165) is 5.57 Å². The van der Waals surface area contributed by atoms with Gasteiger partial charge in [-0.2, -0.15) is 0 Å². The minimum absolute atomic E-state index is 0.286. The van der Waals surface area contributed by atoms with Crippen LogP contribution in [0.5, 0.6) is 0 Å².